The number of hydrogen-bond donors (Lipinski definition) is 0. The second-order valence-electron chi connectivity index (χ2n) is 13.3. The van der Waals surface area contributed by atoms with E-state index in [-0.39, 0.29) is 0 Å². The van der Waals surface area contributed by atoms with Crippen LogP contribution in [0.3, 0.4) is 0 Å². The molecule has 0 radical (unpaired) electrons. The Bertz CT molecular complexity index is 2880. The molecule has 8 aromatic carbocycles. The van der Waals surface area contributed by atoms with Crippen molar-refractivity contribution in [3.8, 4) is 62.1 Å². The van der Waals surface area contributed by atoms with E-state index < -0.39 is 0 Å². The number of aromatic nitrogens is 4. The van der Waals surface area contributed by atoms with Crippen LogP contribution in [0.5, 0.6) is 0 Å². The summed E-state index contributed by atoms with van der Waals surface area (Å²) in [5.74, 6) is 1.91. The molecule has 0 aliphatic rings. The van der Waals surface area contributed by atoms with Gasteiger partial charge in [0.1, 0.15) is 0 Å². The highest BCUT2D eigenvalue weighted by atomic mass is 15.0. The van der Waals surface area contributed by atoms with Gasteiger partial charge in [0.25, 0.3) is 0 Å². The zero-order valence-corrected chi connectivity index (χ0v) is 28.8. The Hall–Kier alpha value is -7.17. The van der Waals surface area contributed by atoms with Crippen molar-refractivity contribution in [2.75, 3.05) is 0 Å². The Morgan fingerprint density at radius 2 is 0.774 bits per heavy atom. The number of nitrogens with zero attached hydrogens (tertiary/aromatic N) is 4. The predicted molar refractivity (Wildman–Crippen MR) is 219 cm³/mol. The van der Waals surface area contributed by atoms with Crippen molar-refractivity contribution in [2.24, 2.45) is 0 Å². The second-order valence-corrected chi connectivity index (χ2v) is 13.3. The van der Waals surface area contributed by atoms with Crippen LogP contribution in [0, 0.1) is 0 Å². The van der Waals surface area contributed by atoms with Crippen LogP contribution in [-0.2, 0) is 0 Å². The highest BCUT2D eigenvalue weighted by Gasteiger charge is 2.15. The zero-order chi connectivity index (χ0) is 35.1. The van der Waals surface area contributed by atoms with E-state index in [1.165, 1.54) is 38.1 Å². The number of rotatable bonds is 6. The molecule has 248 valence electrons. The third-order valence-corrected chi connectivity index (χ3v) is 10.0. The summed E-state index contributed by atoms with van der Waals surface area (Å²) in [5.41, 5.74) is 10.9. The van der Waals surface area contributed by atoms with E-state index >= 15 is 0 Å². The molecule has 0 fully saturated rings. The summed E-state index contributed by atoms with van der Waals surface area (Å²) in [6.45, 7) is 0. The van der Waals surface area contributed by atoms with Gasteiger partial charge < -0.3 is 4.57 Å². The smallest absolute Gasteiger partial charge is 0.164 e. The second kappa shape index (κ2) is 12.9. The van der Waals surface area contributed by atoms with Crippen LogP contribution in [0.1, 0.15) is 0 Å². The zero-order valence-electron chi connectivity index (χ0n) is 28.8. The van der Waals surface area contributed by atoms with Gasteiger partial charge in [-0.2, -0.15) is 0 Å². The topological polar surface area (TPSA) is 43.6 Å². The fraction of sp³-hybridized carbons (Fsp3) is 0. The summed E-state index contributed by atoms with van der Waals surface area (Å²) in [7, 11) is 0. The molecule has 4 nitrogen and oxygen atoms in total. The fourth-order valence-corrected chi connectivity index (χ4v) is 7.49. The maximum atomic E-state index is 5.09. The molecule has 2 aromatic heterocycles. The lowest BCUT2D eigenvalue weighted by Crippen LogP contribution is -2.00. The first-order chi connectivity index (χ1) is 26.3. The fourth-order valence-electron chi connectivity index (χ4n) is 7.49. The largest absolute Gasteiger partial charge is 0.309 e. The first kappa shape index (κ1) is 30.6. The normalized spacial score (nSPS) is 11.4. The molecule has 53 heavy (non-hydrogen) atoms. The minimum Gasteiger partial charge on any atom is -0.309 e. The van der Waals surface area contributed by atoms with E-state index in [1.54, 1.807) is 0 Å². The third kappa shape index (κ3) is 5.54. The minimum absolute atomic E-state index is 0.632. The van der Waals surface area contributed by atoms with Crippen LogP contribution in [0.4, 0.5) is 0 Å². The molecule has 0 saturated carbocycles. The molecular weight excluding hydrogens is 645 g/mol. The van der Waals surface area contributed by atoms with Gasteiger partial charge in [-0.1, -0.05) is 164 Å². The van der Waals surface area contributed by atoms with Gasteiger partial charge in [0, 0.05) is 33.2 Å². The SMILES string of the molecule is c1ccc(-c2nc(-c3ccc(-c4cccc5ccccc45)cc3)nc(-c3cccc(-c4cccc(-n5c6ccccc6c6ccccc65)c4)c3)n2)cc1. The Kier molecular flexibility index (Phi) is 7.43. The summed E-state index contributed by atoms with van der Waals surface area (Å²) < 4.78 is 2.36. The quantitative estimate of drug-likeness (QED) is 0.176. The Morgan fingerprint density at radius 1 is 0.302 bits per heavy atom. The van der Waals surface area contributed by atoms with Crippen molar-refractivity contribution in [1.82, 2.24) is 19.5 Å². The standard InChI is InChI=1S/C49H32N4/c1-2-14-35(15-3-1)47-50-48(36-29-27-34(28-30-36)42-24-12-16-33-13-4-5-21-41(33)42)52-49(51-47)39-19-10-17-37(31-39)38-18-11-20-40(32-38)53-45-25-8-6-22-43(45)44-23-7-9-26-46(44)53/h1-32H. The van der Waals surface area contributed by atoms with Crippen LogP contribution < -0.4 is 0 Å². The van der Waals surface area contributed by atoms with E-state index in [0.717, 1.165) is 39.1 Å². The van der Waals surface area contributed by atoms with Crippen molar-refractivity contribution < 1.29 is 0 Å². The summed E-state index contributed by atoms with van der Waals surface area (Å²) >= 11 is 0. The molecule has 0 amide bonds. The average Bonchev–Trinajstić information content (AvgIpc) is 3.58. The first-order valence-corrected chi connectivity index (χ1v) is 17.9. The molecule has 0 unspecified atom stereocenters. The highest BCUT2D eigenvalue weighted by Crippen LogP contribution is 2.35. The van der Waals surface area contributed by atoms with Crippen molar-refractivity contribution in [3.05, 3.63) is 194 Å². The molecule has 0 aliphatic heterocycles. The van der Waals surface area contributed by atoms with E-state index in [2.05, 4.69) is 168 Å². The molecule has 2 heterocycles. The highest BCUT2D eigenvalue weighted by molar-refractivity contribution is 6.09. The van der Waals surface area contributed by atoms with Gasteiger partial charge in [-0.05, 0) is 63.4 Å². The van der Waals surface area contributed by atoms with Crippen LogP contribution in [0.15, 0.2) is 194 Å². The molecule has 0 atom stereocenters. The maximum Gasteiger partial charge on any atom is 0.164 e. The van der Waals surface area contributed by atoms with Crippen LogP contribution in [-0.4, -0.2) is 19.5 Å². The van der Waals surface area contributed by atoms with Gasteiger partial charge in [-0.25, -0.2) is 15.0 Å². The number of fused-ring (bicyclic) bond motifs is 4. The first-order valence-electron chi connectivity index (χ1n) is 17.9. The van der Waals surface area contributed by atoms with Crippen LogP contribution >= 0.6 is 0 Å². The molecule has 0 aliphatic carbocycles. The summed E-state index contributed by atoms with van der Waals surface area (Å²) in [5, 5.41) is 4.96. The van der Waals surface area contributed by atoms with Gasteiger partial charge >= 0.3 is 0 Å². The molecule has 0 spiro atoms. The monoisotopic (exact) mass is 676 g/mol. The third-order valence-electron chi connectivity index (χ3n) is 10.0. The van der Waals surface area contributed by atoms with Gasteiger partial charge in [0.2, 0.25) is 0 Å². The molecule has 10 rings (SSSR count). The summed E-state index contributed by atoms with van der Waals surface area (Å²) in [6.07, 6.45) is 0. The van der Waals surface area contributed by atoms with Gasteiger partial charge in [0.05, 0.1) is 11.0 Å². The predicted octanol–water partition coefficient (Wildman–Crippen LogP) is 12.5. The van der Waals surface area contributed by atoms with Crippen molar-refractivity contribution in [3.63, 3.8) is 0 Å². The molecule has 10 aromatic rings. The lowest BCUT2D eigenvalue weighted by Gasteiger charge is -2.12. The van der Waals surface area contributed by atoms with E-state index in [4.69, 9.17) is 15.0 Å². The molecule has 0 N–H and O–H groups in total. The Morgan fingerprint density at radius 3 is 1.49 bits per heavy atom. The van der Waals surface area contributed by atoms with Crippen molar-refractivity contribution >= 4 is 32.6 Å². The molecular formula is C49H32N4. The average molecular weight is 677 g/mol. The minimum atomic E-state index is 0.632. The Balaban J connectivity index is 1.06. The van der Waals surface area contributed by atoms with Crippen LogP contribution in [0.25, 0.3) is 94.7 Å². The number of benzene rings is 8. The molecule has 0 saturated heterocycles. The lowest BCUT2D eigenvalue weighted by atomic mass is 9.97. The lowest BCUT2D eigenvalue weighted by molar-refractivity contribution is 1.07. The van der Waals surface area contributed by atoms with Crippen molar-refractivity contribution in [1.29, 1.82) is 0 Å². The molecule has 0 bridgehead atoms. The Labute approximate surface area is 307 Å². The summed E-state index contributed by atoms with van der Waals surface area (Å²) in [4.78, 5) is 15.1. The van der Waals surface area contributed by atoms with E-state index in [0.29, 0.717) is 17.5 Å². The van der Waals surface area contributed by atoms with Gasteiger partial charge in [-0.3, -0.25) is 0 Å². The van der Waals surface area contributed by atoms with E-state index in [1.807, 2.05) is 30.3 Å². The summed E-state index contributed by atoms with van der Waals surface area (Å²) in [6, 6.07) is 68.1. The number of para-hydroxylation sites is 2. The van der Waals surface area contributed by atoms with Crippen LogP contribution in [0.2, 0.25) is 0 Å². The van der Waals surface area contributed by atoms with E-state index in [9.17, 15) is 0 Å². The van der Waals surface area contributed by atoms with Crippen molar-refractivity contribution in [2.45, 2.75) is 0 Å². The number of hydrogen-bond acceptors (Lipinski definition) is 3. The molecule has 4 heteroatoms. The van der Waals surface area contributed by atoms with Gasteiger partial charge in [-0.15, -0.1) is 0 Å². The van der Waals surface area contributed by atoms with Gasteiger partial charge in [0.15, 0.2) is 17.5 Å². The maximum absolute atomic E-state index is 5.09.